The van der Waals surface area contributed by atoms with Gasteiger partial charge in [0.2, 0.25) is 0 Å². The van der Waals surface area contributed by atoms with Gasteiger partial charge in [-0.3, -0.25) is 0 Å². The van der Waals surface area contributed by atoms with Crippen molar-refractivity contribution in [1.82, 2.24) is 0 Å². The summed E-state index contributed by atoms with van der Waals surface area (Å²) in [6, 6.07) is 0. The zero-order valence-corrected chi connectivity index (χ0v) is 6.58. The van der Waals surface area contributed by atoms with Crippen molar-refractivity contribution >= 4 is 45.5 Å². The van der Waals surface area contributed by atoms with Gasteiger partial charge in [0, 0.05) is 35.6 Å². The van der Waals surface area contributed by atoms with Crippen molar-refractivity contribution in [3.63, 3.8) is 0 Å². The first-order chi connectivity index (χ1) is 1.41. The summed E-state index contributed by atoms with van der Waals surface area (Å²) in [4.78, 5) is 0. The summed E-state index contributed by atoms with van der Waals surface area (Å²) in [5.74, 6) is 0. The van der Waals surface area contributed by atoms with Crippen LogP contribution in [-0.4, -0.2) is 45.5 Å². The average Bonchev–Trinajstić information content (AvgIpc) is 0.918. The standard InChI is InChI=1S/La.Mn.2O.Sr.2H. The molecule has 0 spiro atoms. The van der Waals surface area contributed by atoms with Gasteiger partial charge in [-0.1, -0.05) is 0 Å². The predicted octanol–water partition coefficient (Wildman–Crippen LogP) is -1.16. The van der Waals surface area contributed by atoms with Crippen LogP contribution in [0, 0.1) is 35.6 Å². The zero-order chi connectivity index (χ0) is 2.71. The van der Waals surface area contributed by atoms with Gasteiger partial charge in [-0.15, -0.1) is 0 Å². The van der Waals surface area contributed by atoms with E-state index in [9.17, 15) is 0 Å². The van der Waals surface area contributed by atoms with Crippen LogP contribution in [0.25, 0.3) is 0 Å². The summed E-state index contributed by atoms with van der Waals surface area (Å²) in [5.41, 5.74) is 0. The minimum absolute atomic E-state index is 0. The van der Waals surface area contributed by atoms with Crippen molar-refractivity contribution in [2.75, 3.05) is 0 Å². The predicted molar refractivity (Wildman–Crippen MR) is 9.92 cm³/mol. The third-order valence-corrected chi connectivity index (χ3v) is 0. The van der Waals surface area contributed by atoms with Crippen LogP contribution >= 0.6 is 0 Å². The van der Waals surface area contributed by atoms with Gasteiger partial charge in [0.1, 0.15) is 0 Å². The molecular formula is H2LaMnO2Sr. The normalized spacial score (nSPS) is 2.40. The van der Waals surface area contributed by atoms with E-state index in [1.54, 1.807) is 0 Å². The second kappa shape index (κ2) is 15.8. The van der Waals surface area contributed by atoms with E-state index in [0.717, 1.165) is 0 Å². The summed E-state index contributed by atoms with van der Waals surface area (Å²) in [5, 5.41) is 0. The summed E-state index contributed by atoms with van der Waals surface area (Å²) in [7, 11) is 0. The molecule has 0 rings (SSSR count). The van der Waals surface area contributed by atoms with Crippen molar-refractivity contribution < 1.29 is 58.1 Å². The zero-order valence-electron chi connectivity index (χ0n) is 1.77. The molecule has 0 saturated carbocycles. The SMILES string of the molecule is [La].[O]=[Mn]=[O].[SrH2]. The van der Waals surface area contributed by atoms with Crippen LogP contribution in [0.2, 0.25) is 0 Å². The molecule has 26 valence electrons. The van der Waals surface area contributed by atoms with Crippen molar-refractivity contribution in [2.45, 2.75) is 0 Å². The van der Waals surface area contributed by atoms with Gasteiger partial charge in [-0.05, 0) is 0 Å². The van der Waals surface area contributed by atoms with Crippen molar-refractivity contribution in [1.29, 1.82) is 0 Å². The van der Waals surface area contributed by atoms with Crippen LogP contribution in [0.4, 0.5) is 0 Å². The van der Waals surface area contributed by atoms with E-state index in [-0.39, 0.29) is 81.1 Å². The maximum atomic E-state index is 8.41. The molecule has 0 aromatic carbocycles. The Morgan fingerprint density at radius 3 is 1.20 bits per heavy atom. The van der Waals surface area contributed by atoms with Crippen molar-refractivity contribution in [3.05, 3.63) is 0 Å². The van der Waals surface area contributed by atoms with E-state index in [4.69, 9.17) is 7.67 Å². The van der Waals surface area contributed by atoms with Gasteiger partial charge >= 0.3 is 68.0 Å². The fourth-order valence-corrected chi connectivity index (χ4v) is 0. The molecule has 0 amide bonds. The molecule has 0 atom stereocenters. The van der Waals surface area contributed by atoms with Crippen LogP contribution in [-0.2, 0) is 22.5 Å². The van der Waals surface area contributed by atoms with E-state index in [2.05, 4.69) is 0 Å². The van der Waals surface area contributed by atoms with Crippen LogP contribution in [0.5, 0.6) is 0 Å². The molecule has 2 nitrogen and oxygen atoms in total. The second-order valence-corrected chi connectivity index (χ2v) is 0.260. The van der Waals surface area contributed by atoms with Crippen LogP contribution in [0.3, 0.4) is 0 Å². The number of rotatable bonds is 0. The monoisotopic (exact) mass is 316 g/mol. The number of hydrogen-bond donors (Lipinski definition) is 0. The molecule has 0 aliphatic heterocycles. The Morgan fingerprint density at radius 1 is 1.20 bits per heavy atom. The van der Waals surface area contributed by atoms with E-state index < -0.39 is 14.8 Å². The van der Waals surface area contributed by atoms with Gasteiger partial charge < -0.3 is 0 Å². The molecule has 1 radical (unpaired) electrons. The fourth-order valence-electron chi connectivity index (χ4n) is 0. The van der Waals surface area contributed by atoms with Crippen LogP contribution < -0.4 is 0 Å². The van der Waals surface area contributed by atoms with Gasteiger partial charge in [0.25, 0.3) is 0 Å². The van der Waals surface area contributed by atoms with Gasteiger partial charge in [0.15, 0.2) is 0 Å². The summed E-state index contributed by atoms with van der Waals surface area (Å²) < 4.78 is 16.8. The van der Waals surface area contributed by atoms with Gasteiger partial charge in [-0.25, -0.2) is 0 Å². The topological polar surface area (TPSA) is 34.1 Å². The first-order valence-electron chi connectivity index (χ1n) is 0.309. The Morgan fingerprint density at radius 2 is 1.20 bits per heavy atom. The van der Waals surface area contributed by atoms with Gasteiger partial charge in [0.05, 0.1) is 0 Å². The third kappa shape index (κ3) is 20.0. The summed E-state index contributed by atoms with van der Waals surface area (Å²) >= 11 is -1.44. The molecule has 0 unspecified atom stereocenters. The first-order valence-corrected chi connectivity index (χ1v) is 1.27. The minimum atomic E-state index is -1.44. The molecule has 0 heterocycles. The number of hydrogen-bond acceptors (Lipinski definition) is 2. The quantitative estimate of drug-likeness (QED) is 0.529. The summed E-state index contributed by atoms with van der Waals surface area (Å²) in [6.45, 7) is 0. The van der Waals surface area contributed by atoms with Gasteiger partial charge in [-0.2, -0.15) is 0 Å². The molecule has 0 aromatic rings. The Kier molecular flexibility index (Phi) is 49.6. The molecule has 5 heavy (non-hydrogen) atoms. The van der Waals surface area contributed by atoms with Crippen molar-refractivity contribution in [2.24, 2.45) is 0 Å². The Bertz CT molecular complexity index is 30.6. The molecule has 0 fully saturated rings. The molecule has 0 N–H and O–H groups in total. The first kappa shape index (κ1) is 15.7. The van der Waals surface area contributed by atoms with E-state index in [0.29, 0.717) is 0 Å². The Balaban J connectivity index is -0.0000000200. The second-order valence-electron chi connectivity index (χ2n) is 0.0630. The van der Waals surface area contributed by atoms with E-state index in [1.165, 1.54) is 0 Å². The molecule has 0 aromatic heterocycles. The average molecular weight is 315 g/mol. The van der Waals surface area contributed by atoms with E-state index in [1.807, 2.05) is 0 Å². The maximum absolute atomic E-state index is 8.41. The third-order valence-electron chi connectivity index (χ3n) is 0. The van der Waals surface area contributed by atoms with Crippen LogP contribution in [0.1, 0.15) is 0 Å². The molecule has 0 aliphatic carbocycles. The molecule has 0 aliphatic rings. The Labute approximate surface area is 101 Å². The van der Waals surface area contributed by atoms with E-state index >= 15 is 0 Å². The molecule has 5 heteroatoms. The molecular weight excluding hydrogens is 313 g/mol. The molecule has 0 bridgehead atoms. The fraction of sp³-hybridized carbons (Fsp3) is 0. The molecule has 0 saturated heterocycles. The Hall–Kier alpha value is 2.79. The van der Waals surface area contributed by atoms with Crippen molar-refractivity contribution in [3.8, 4) is 0 Å². The van der Waals surface area contributed by atoms with Crippen LogP contribution in [0.15, 0.2) is 0 Å². The summed E-state index contributed by atoms with van der Waals surface area (Å²) in [6.07, 6.45) is 0.